The Morgan fingerprint density at radius 1 is 0.929 bits per heavy atom. The van der Waals surface area contributed by atoms with Crippen molar-refractivity contribution >= 4 is 23.4 Å². The zero-order chi connectivity index (χ0) is 19.7. The largest absolute Gasteiger partial charge is 0.507 e. The number of benzene rings is 2. The summed E-state index contributed by atoms with van der Waals surface area (Å²) in [4.78, 5) is 35.3. The molecule has 1 aliphatic heterocycles. The zero-order valence-corrected chi connectivity index (χ0v) is 15.1. The minimum Gasteiger partial charge on any atom is -0.507 e. The predicted molar refractivity (Wildman–Crippen MR) is 104 cm³/mol. The zero-order valence-electron chi connectivity index (χ0n) is 15.1. The van der Waals surface area contributed by atoms with Crippen molar-refractivity contribution in [2.75, 3.05) is 4.90 Å². The van der Waals surface area contributed by atoms with Crippen LogP contribution in [0.2, 0.25) is 0 Å². The normalized spacial score (nSPS) is 18.5. The van der Waals surface area contributed by atoms with Gasteiger partial charge in [-0.3, -0.25) is 14.5 Å². The fourth-order valence-electron chi connectivity index (χ4n) is 3.27. The van der Waals surface area contributed by atoms with Gasteiger partial charge in [-0.05, 0) is 18.6 Å². The molecular formula is C22H17N3O3. The first-order valence-electron chi connectivity index (χ1n) is 8.78. The number of aliphatic hydroxyl groups excluding tert-OH is 1. The maximum absolute atomic E-state index is 12.9. The van der Waals surface area contributed by atoms with Gasteiger partial charge < -0.3 is 5.11 Å². The van der Waals surface area contributed by atoms with E-state index in [0.29, 0.717) is 11.1 Å². The van der Waals surface area contributed by atoms with Crippen molar-refractivity contribution in [3.63, 3.8) is 0 Å². The maximum Gasteiger partial charge on any atom is 0.302 e. The lowest BCUT2D eigenvalue weighted by Crippen LogP contribution is -2.31. The van der Waals surface area contributed by atoms with Crippen molar-refractivity contribution < 1.29 is 14.7 Å². The SMILES string of the molecule is Cc1ccc([C@H]2/C(=C(\O)c3ccccc3)C(=O)C(=O)N2c2ncccn2)cc1. The Hall–Kier alpha value is -3.80. The molecule has 0 unspecified atom stereocenters. The molecule has 4 rings (SSSR count). The Balaban J connectivity index is 1.95. The molecule has 1 aromatic heterocycles. The van der Waals surface area contributed by atoms with Gasteiger partial charge in [-0.2, -0.15) is 0 Å². The van der Waals surface area contributed by atoms with Crippen LogP contribution in [0, 0.1) is 6.92 Å². The first-order valence-corrected chi connectivity index (χ1v) is 8.78. The first-order chi connectivity index (χ1) is 13.6. The molecule has 6 heteroatoms. The highest BCUT2D eigenvalue weighted by Gasteiger charge is 2.48. The van der Waals surface area contributed by atoms with E-state index < -0.39 is 17.7 Å². The van der Waals surface area contributed by atoms with Gasteiger partial charge in [0.25, 0.3) is 5.78 Å². The molecule has 3 aromatic rings. The molecule has 0 bridgehead atoms. The van der Waals surface area contributed by atoms with Gasteiger partial charge in [0.05, 0.1) is 11.6 Å². The molecule has 0 aliphatic carbocycles. The summed E-state index contributed by atoms with van der Waals surface area (Å²) in [5.41, 5.74) is 2.22. The monoisotopic (exact) mass is 371 g/mol. The molecular weight excluding hydrogens is 354 g/mol. The van der Waals surface area contributed by atoms with Crippen molar-refractivity contribution in [2.45, 2.75) is 13.0 Å². The molecule has 138 valence electrons. The van der Waals surface area contributed by atoms with Crippen LogP contribution >= 0.6 is 0 Å². The highest BCUT2D eigenvalue weighted by atomic mass is 16.3. The van der Waals surface area contributed by atoms with Crippen LogP contribution in [-0.2, 0) is 9.59 Å². The fourth-order valence-corrected chi connectivity index (χ4v) is 3.27. The van der Waals surface area contributed by atoms with Gasteiger partial charge in [-0.1, -0.05) is 60.2 Å². The molecule has 6 nitrogen and oxygen atoms in total. The lowest BCUT2D eigenvalue weighted by molar-refractivity contribution is -0.132. The van der Waals surface area contributed by atoms with Gasteiger partial charge in [0.15, 0.2) is 0 Å². The van der Waals surface area contributed by atoms with Gasteiger partial charge in [-0.25, -0.2) is 9.97 Å². The van der Waals surface area contributed by atoms with Gasteiger partial charge in [-0.15, -0.1) is 0 Å². The maximum atomic E-state index is 12.9. The van der Waals surface area contributed by atoms with Crippen LogP contribution in [-0.4, -0.2) is 26.8 Å². The van der Waals surface area contributed by atoms with E-state index in [4.69, 9.17) is 0 Å². The Kier molecular flexibility index (Phi) is 4.45. The second kappa shape index (κ2) is 7.08. The topological polar surface area (TPSA) is 83.4 Å². The molecule has 0 radical (unpaired) electrons. The molecule has 2 heterocycles. The van der Waals surface area contributed by atoms with Crippen molar-refractivity contribution in [2.24, 2.45) is 0 Å². The van der Waals surface area contributed by atoms with Crippen LogP contribution in [0.25, 0.3) is 5.76 Å². The van der Waals surface area contributed by atoms with Gasteiger partial charge in [0.1, 0.15) is 5.76 Å². The van der Waals surface area contributed by atoms with Crippen LogP contribution < -0.4 is 4.90 Å². The number of nitrogens with zero attached hydrogens (tertiary/aromatic N) is 3. The fraction of sp³-hybridized carbons (Fsp3) is 0.0909. The summed E-state index contributed by atoms with van der Waals surface area (Å²) in [5.74, 6) is -1.64. The quantitative estimate of drug-likeness (QED) is 0.433. The summed E-state index contributed by atoms with van der Waals surface area (Å²) < 4.78 is 0. The third kappa shape index (κ3) is 2.95. The molecule has 28 heavy (non-hydrogen) atoms. The molecule has 1 aliphatic rings. The van der Waals surface area contributed by atoms with Crippen molar-refractivity contribution in [1.29, 1.82) is 0 Å². The number of amides is 1. The van der Waals surface area contributed by atoms with E-state index in [9.17, 15) is 14.7 Å². The van der Waals surface area contributed by atoms with Crippen LogP contribution in [0.1, 0.15) is 22.7 Å². The van der Waals surface area contributed by atoms with E-state index in [1.165, 1.54) is 17.3 Å². The summed E-state index contributed by atoms with van der Waals surface area (Å²) in [7, 11) is 0. The van der Waals surface area contributed by atoms with E-state index in [-0.39, 0.29) is 17.3 Å². The number of hydrogen-bond acceptors (Lipinski definition) is 5. The smallest absolute Gasteiger partial charge is 0.302 e. The summed E-state index contributed by atoms with van der Waals surface area (Å²) in [5, 5.41) is 10.9. The van der Waals surface area contributed by atoms with Gasteiger partial charge >= 0.3 is 5.91 Å². The number of carbonyl (C=O) groups is 2. The van der Waals surface area contributed by atoms with Gasteiger partial charge in [0.2, 0.25) is 5.95 Å². The lowest BCUT2D eigenvalue weighted by atomic mass is 9.95. The standard InChI is InChI=1S/C22H17N3O3/c1-14-8-10-15(11-9-14)18-17(19(26)16-6-3-2-4-7-16)20(27)21(28)25(18)22-23-12-5-13-24-22/h2-13,18,26H,1H3/b19-17+/t18-/m0/s1. The molecule has 0 saturated carbocycles. The second-order valence-corrected chi connectivity index (χ2v) is 6.49. The van der Waals surface area contributed by atoms with Crippen LogP contribution in [0.5, 0.6) is 0 Å². The molecule has 1 saturated heterocycles. The molecule has 1 fully saturated rings. The molecule has 0 spiro atoms. The Morgan fingerprint density at radius 3 is 2.21 bits per heavy atom. The number of anilines is 1. The van der Waals surface area contributed by atoms with E-state index in [1.54, 1.807) is 30.3 Å². The van der Waals surface area contributed by atoms with Crippen molar-refractivity contribution in [3.8, 4) is 0 Å². The van der Waals surface area contributed by atoms with E-state index in [1.807, 2.05) is 37.3 Å². The Bertz CT molecular complexity index is 1060. The van der Waals surface area contributed by atoms with Crippen molar-refractivity contribution in [1.82, 2.24) is 9.97 Å². The van der Waals surface area contributed by atoms with Gasteiger partial charge in [0, 0.05) is 18.0 Å². The molecule has 2 aromatic carbocycles. The highest BCUT2D eigenvalue weighted by molar-refractivity contribution is 6.51. The number of carbonyl (C=O) groups excluding carboxylic acids is 2. The number of aromatic nitrogens is 2. The Labute approximate surface area is 161 Å². The number of aryl methyl sites for hydroxylation is 1. The second-order valence-electron chi connectivity index (χ2n) is 6.49. The number of aliphatic hydroxyl groups is 1. The van der Waals surface area contributed by atoms with Crippen LogP contribution in [0.15, 0.2) is 78.6 Å². The number of rotatable bonds is 3. The lowest BCUT2D eigenvalue weighted by Gasteiger charge is -2.23. The predicted octanol–water partition coefficient (Wildman–Crippen LogP) is 3.41. The Morgan fingerprint density at radius 2 is 1.57 bits per heavy atom. The summed E-state index contributed by atoms with van der Waals surface area (Å²) >= 11 is 0. The molecule has 1 N–H and O–H groups in total. The van der Waals surface area contributed by atoms with E-state index in [2.05, 4.69) is 9.97 Å². The minimum absolute atomic E-state index is 0.0208. The van der Waals surface area contributed by atoms with Crippen LogP contribution in [0.3, 0.4) is 0 Å². The number of ketones is 1. The molecule has 1 amide bonds. The van der Waals surface area contributed by atoms with Crippen LogP contribution in [0.4, 0.5) is 5.95 Å². The number of Topliss-reactive ketones (excluding diaryl/α,β-unsaturated/α-hetero) is 1. The summed E-state index contributed by atoms with van der Waals surface area (Å²) in [6, 6.07) is 17.0. The highest BCUT2D eigenvalue weighted by Crippen LogP contribution is 2.40. The summed E-state index contributed by atoms with van der Waals surface area (Å²) in [6.07, 6.45) is 3.01. The average molecular weight is 371 g/mol. The van der Waals surface area contributed by atoms with Crippen molar-refractivity contribution in [3.05, 3.63) is 95.3 Å². The first kappa shape index (κ1) is 17.6. The third-order valence-electron chi connectivity index (χ3n) is 4.65. The van der Waals surface area contributed by atoms with E-state index >= 15 is 0 Å². The van der Waals surface area contributed by atoms with E-state index in [0.717, 1.165) is 5.56 Å². The average Bonchev–Trinajstić information content (AvgIpc) is 3.00. The molecule has 1 atom stereocenters. The minimum atomic E-state index is -0.816. The third-order valence-corrected chi connectivity index (χ3v) is 4.65. The number of hydrogen-bond donors (Lipinski definition) is 1. The summed E-state index contributed by atoms with van der Waals surface area (Å²) in [6.45, 7) is 1.95.